The van der Waals surface area contributed by atoms with Crippen LogP contribution in [-0.4, -0.2) is 30.6 Å². The number of aryl methyl sites for hydroxylation is 1. The molecule has 3 heterocycles. The molecule has 0 atom stereocenters. The average molecular weight is 361 g/mol. The van der Waals surface area contributed by atoms with Gasteiger partial charge in [0.05, 0.1) is 12.8 Å². The summed E-state index contributed by atoms with van der Waals surface area (Å²) in [4.78, 5) is 14.1. The molecule has 4 rings (SSSR count). The van der Waals surface area contributed by atoms with E-state index in [9.17, 15) is 4.79 Å². The first-order valence-corrected chi connectivity index (χ1v) is 8.67. The molecule has 0 N–H and O–H groups in total. The highest BCUT2D eigenvalue weighted by atomic mass is 16.3. The molecule has 0 amide bonds. The van der Waals surface area contributed by atoms with Crippen molar-refractivity contribution >= 4 is 5.78 Å². The lowest BCUT2D eigenvalue weighted by atomic mass is 10.1. The standard InChI is InChI=1S/C20H19N5O2/c1-14-11-18(15(2)24(14)12-17-9-6-10-27-17)19(26)13-25-22-20(21-23-25)16-7-4-3-5-8-16/h3-11H,12-13H2,1-2H3. The summed E-state index contributed by atoms with van der Waals surface area (Å²) in [5, 5.41) is 12.4. The summed E-state index contributed by atoms with van der Waals surface area (Å²) in [6.07, 6.45) is 1.65. The summed E-state index contributed by atoms with van der Waals surface area (Å²) in [7, 11) is 0. The topological polar surface area (TPSA) is 78.7 Å². The number of carbonyl (C=O) groups is 1. The van der Waals surface area contributed by atoms with Gasteiger partial charge in [0.1, 0.15) is 12.3 Å². The molecule has 7 nitrogen and oxygen atoms in total. The van der Waals surface area contributed by atoms with Crippen molar-refractivity contribution in [3.05, 3.63) is 77.5 Å². The molecule has 0 spiro atoms. The van der Waals surface area contributed by atoms with E-state index in [1.165, 1.54) is 4.80 Å². The maximum absolute atomic E-state index is 12.8. The van der Waals surface area contributed by atoms with E-state index in [0.717, 1.165) is 22.7 Å². The number of aromatic nitrogens is 5. The molecule has 0 fully saturated rings. The largest absolute Gasteiger partial charge is 0.467 e. The third-order valence-electron chi connectivity index (χ3n) is 4.54. The highest BCUT2D eigenvalue weighted by molar-refractivity contribution is 5.97. The van der Waals surface area contributed by atoms with Crippen LogP contribution in [-0.2, 0) is 13.1 Å². The lowest BCUT2D eigenvalue weighted by Crippen LogP contribution is -2.14. The fraction of sp³-hybridized carbons (Fsp3) is 0.200. The van der Waals surface area contributed by atoms with Gasteiger partial charge in [0, 0.05) is 22.5 Å². The van der Waals surface area contributed by atoms with Gasteiger partial charge in [-0.3, -0.25) is 4.79 Å². The van der Waals surface area contributed by atoms with Gasteiger partial charge in [0.2, 0.25) is 5.82 Å². The van der Waals surface area contributed by atoms with E-state index in [1.807, 2.05) is 62.4 Å². The number of hydrogen-bond acceptors (Lipinski definition) is 5. The van der Waals surface area contributed by atoms with E-state index >= 15 is 0 Å². The zero-order valence-electron chi connectivity index (χ0n) is 15.2. The molecule has 0 aliphatic heterocycles. The van der Waals surface area contributed by atoms with Crippen LogP contribution in [0.25, 0.3) is 11.4 Å². The molecule has 3 aromatic heterocycles. The van der Waals surface area contributed by atoms with Crippen LogP contribution < -0.4 is 0 Å². The van der Waals surface area contributed by atoms with E-state index in [0.29, 0.717) is 17.9 Å². The highest BCUT2D eigenvalue weighted by Gasteiger charge is 2.18. The van der Waals surface area contributed by atoms with Gasteiger partial charge in [-0.25, -0.2) is 0 Å². The molecule has 27 heavy (non-hydrogen) atoms. The zero-order chi connectivity index (χ0) is 18.8. The van der Waals surface area contributed by atoms with E-state index in [1.54, 1.807) is 6.26 Å². The Labute approximate surface area is 156 Å². The Balaban J connectivity index is 1.53. The SMILES string of the molecule is Cc1cc(C(=O)Cn2nnc(-c3ccccc3)n2)c(C)n1Cc1ccco1. The number of rotatable bonds is 6. The second-order valence-electron chi connectivity index (χ2n) is 6.38. The van der Waals surface area contributed by atoms with Crippen molar-refractivity contribution in [2.45, 2.75) is 26.9 Å². The zero-order valence-corrected chi connectivity index (χ0v) is 15.2. The number of carbonyl (C=O) groups excluding carboxylic acids is 1. The number of hydrogen-bond donors (Lipinski definition) is 0. The van der Waals surface area contributed by atoms with Crippen LogP contribution in [0.15, 0.2) is 59.2 Å². The summed E-state index contributed by atoms with van der Waals surface area (Å²) in [6.45, 7) is 4.56. The molecule has 7 heteroatoms. The summed E-state index contributed by atoms with van der Waals surface area (Å²) < 4.78 is 7.49. The predicted molar refractivity (Wildman–Crippen MR) is 99.3 cm³/mol. The van der Waals surface area contributed by atoms with Gasteiger partial charge in [0.15, 0.2) is 5.78 Å². The lowest BCUT2D eigenvalue weighted by Gasteiger charge is -2.07. The van der Waals surface area contributed by atoms with E-state index < -0.39 is 0 Å². The van der Waals surface area contributed by atoms with Crippen LogP contribution in [0, 0.1) is 13.8 Å². The molecular formula is C20H19N5O2. The Bertz CT molecular complexity index is 1060. The fourth-order valence-electron chi connectivity index (χ4n) is 3.11. The molecule has 4 aromatic rings. The van der Waals surface area contributed by atoms with Gasteiger partial charge in [-0.2, -0.15) is 4.80 Å². The minimum absolute atomic E-state index is 0.0465. The van der Waals surface area contributed by atoms with E-state index in [-0.39, 0.29) is 12.3 Å². The van der Waals surface area contributed by atoms with Crippen LogP contribution in [0.4, 0.5) is 0 Å². The van der Waals surface area contributed by atoms with Crippen LogP contribution in [0.2, 0.25) is 0 Å². The molecule has 136 valence electrons. The van der Waals surface area contributed by atoms with Gasteiger partial charge in [-0.1, -0.05) is 30.3 Å². The first-order valence-electron chi connectivity index (χ1n) is 8.67. The summed E-state index contributed by atoms with van der Waals surface area (Å²) in [6, 6.07) is 15.2. The smallest absolute Gasteiger partial charge is 0.204 e. The first-order chi connectivity index (χ1) is 13.1. The number of furan rings is 1. The normalized spacial score (nSPS) is 11.0. The van der Waals surface area contributed by atoms with Crippen molar-refractivity contribution in [3.63, 3.8) is 0 Å². The highest BCUT2D eigenvalue weighted by Crippen LogP contribution is 2.19. The van der Waals surface area contributed by atoms with Gasteiger partial charge in [0.25, 0.3) is 0 Å². The first kappa shape index (κ1) is 17.0. The Kier molecular flexibility index (Phi) is 4.42. The number of ketones is 1. The van der Waals surface area contributed by atoms with Crippen molar-refractivity contribution < 1.29 is 9.21 Å². The second kappa shape index (κ2) is 7.03. The maximum Gasteiger partial charge on any atom is 0.204 e. The monoisotopic (exact) mass is 361 g/mol. The van der Waals surface area contributed by atoms with Crippen molar-refractivity contribution in [2.75, 3.05) is 0 Å². The Morgan fingerprint density at radius 2 is 1.93 bits per heavy atom. The number of Topliss-reactive ketones (excluding diaryl/α,β-unsaturated/α-hetero) is 1. The molecule has 0 radical (unpaired) electrons. The van der Waals surface area contributed by atoms with Gasteiger partial charge < -0.3 is 8.98 Å². The fourth-order valence-corrected chi connectivity index (χ4v) is 3.11. The minimum atomic E-state index is -0.0502. The Hall–Kier alpha value is -3.48. The van der Waals surface area contributed by atoms with Crippen LogP contribution >= 0.6 is 0 Å². The van der Waals surface area contributed by atoms with Crippen LogP contribution in [0.1, 0.15) is 27.5 Å². The Morgan fingerprint density at radius 1 is 1.11 bits per heavy atom. The van der Waals surface area contributed by atoms with Gasteiger partial charge in [-0.15, -0.1) is 10.2 Å². The molecule has 0 saturated heterocycles. The van der Waals surface area contributed by atoms with Crippen molar-refractivity contribution in [1.82, 2.24) is 24.8 Å². The van der Waals surface area contributed by atoms with Gasteiger partial charge in [-0.05, 0) is 37.3 Å². The third-order valence-corrected chi connectivity index (χ3v) is 4.54. The number of nitrogens with zero attached hydrogens (tertiary/aromatic N) is 5. The summed E-state index contributed by atoms with van der Waals surface area (Å²) >= 11 is 0. The van der Waals surface area contributed by atoms with Crippen molar-refractivity contribution in [3.8, 4) is 11.4 Å². The third kappa shape index (κ3) is 3.44. The van der Waals surface area contributed by atoms with E-state index in [2.05, 4.69) is 20.0 Å². The van der Waals surface area contributed by atoms with E-state index in [4.69, 9.17) is 4.42 Å². The van der Waals surface area contributed by atoms with Crippen molar-refractivity contribution in [2.24, 2.45) is 0 Å². The second-order valence-corrected chi connectivity index (χ2v) is 6.38. The molecule has 0 aliphatic rings. The van der Waals surface area contributed by atoms with Gasteiger partial charge >= 0.3 is 0 Å². The average Bonchev–Trinajstić information content (AvgIpc) is 3.40. The summed E-state index contributed by atoms with van der Waals surface area (Å²) in [5.74, 6) is 1.30. The summed E-state index contributed by atoms with van der Waals surface area (Å²) in [5.41, 5.74) is 3.44. The Morgan fingerprint density at radius 3 is 2.67 bits per heavy atom. The van der Waals surface area contributed by atoms with Crippen LogP contribution in [0.3, 0.4) is 0 Å². The number of benzene rings is 1. The molecular weight excluding hydrogens is 342 g/mol. The molecule has 1 aromatic carbocycles. The predicted octanol–water partition coefficient (Wildman–Crippen LogP) is 3.28. The molecule has 0 unspecified atom stereocenters. The van der Waals surface area contributed by atoms with Crippen molar-refractivity contribution in [1.29, 1.82) is 0 Å². The number of tetrazole rings is 1. The quantitative estimate of drug-likeness (QED) is 0.493. The molecule has 0 saturated carbocycles. The maximum atomic E-state index is 12.8. The lowest BCUT2D eigenvalue weighted by molar-refractivity contribution is 0.0960. The molecule has 0 bridgehead atoms. The molecule has 0 aliphatic carbocycles. The minimum Gasteiger partial charge on any atom is -0.467 e. The van der Waals surface area contributed by atoms with Crippen LogP contribution in [0.5, 0.6) is 0 Å².